The van der Waals surface area contributed by atoms with Gasteiger partial charge < -0.3 is 4.74 Å². The molecule has 0 radical (unpaired) electrons. The van der Waals surface area contributed by atoms with Gasteiger partial charge in [0, 0.05) is 6.61 Å². The fraction of sp³-hybridized carbons (Fsp3) is 0.455. The van der Waals surface area contributed by atoms with Gasteiger partial charge in [-0.15, -0.1) is 0 Å². The van der Waals surface area contributed by atoms with Crippen molar-refractivity contribution in [3.63, 3.8) is 0 Å². The maximum Gasteiger partial charge on any atom is 0.156 e. The molecular weight excluding hydrogens is 212 g/mol. The van der Waals surface area contributed by atoms with Crippen molar-refractivity contribution in [3.8, 4) is 0 Å². The average Bonchev–Trinajstić information content (AvgIpc) is 2.18. The van der Waals surface area contributed by atoms with Crippen molar-refractivity contribution < 1.29 is 13.2 Å². The van der Waals surface area contributed by atoms with E-state index in [0.717, 1.165) is 5.56 Å². The van der Waals surface area contributed by atoms with Crippen molar-refractivity contribution in [2.75, 3.05) is 19.0 Å². The number of rotatable bonds is 6. The van der Waals surface area contributed by atoms with Crippen LogP contribution in [-0.4, -0.2) is 27.4 Å². The van der Waals surface area contributed by atoms with Gasteiger partial charge in [-0.2, -0.15) is 0 Å². The maximum absolute atomic E-state index is 11.6. The van der Waals surface area contributed by atoms with Crippen LogP contribution in [0.15, 0.2) is 30.3 Å². The zero-order chi connectivity index (χ0) is 11.1. The highest BCUT2D eigenvalue weighted by Gasteiger charge is 2.11. The summed E-state index contributed by atoms with van der Waals surface area (Å²) in [6.45, 7) is 2.69. The number of hydrogen-bond acceptors (Lipinski definition) is 3. The van der Waals surface area contributed by atoms with Gasteiger partial charge in [-0.3, -0.25) is 0 Å². The van der Waals surface area contributed by atoms with Gasteiger partial charge in [0.1, 0.15) is 0 Å². The molecule has 0 saturated heterocycles. The largest absolute Gasteiger partial charge is 0.381 e. The lowest BCUT2D eigenvalue weighted by Gasteiger charge is -2.04. The van der Waals surface area contributed by atoms with E-state index < -0.39 is 9.84 Å². The third kappa shape index (κ3) is 4.95. The highest BCUT2D eigenvalue weighted by Crippen LogP contribution is 2.05. The fourth-order valence-corrected chi connectivity index (χ4v) is 2.45. The molecule has 3 nitrogen and oxygen atoms in total. The first-order valence-corrected chi connectivity index (χ1v) is 6.78. The molecule has 0 N–H and O–H groups in total. The van der Waals surface area contributed by atoms with E-state index in [4.69, 9.17) is 4.74 Å². The summed E-state index contributed by atoms with van der Waals surface area (Å²) in [6.07, 6.45) is 0. The molecule has 0 aromatic heterocycles. The molecule has 1 rings (SSSR count). The van der Waals surface area contributed by atoms with Crippen LogP contribution >= 0.6 is 0 Å². The molecule has 84 valence electrons. The van der Waals surface area contributed by atoms with Gasteiger partial charge in [0.25, 0.3) is 0 Å². The van der Waals surface area contributed by atoms with Crippen LogP contribution in [0.1, 0.15) is 12.5 Å². The van der Waals surface area contributed by atoms with Crippen molar-refractivity contribution in [1.82, 2.24) is 0 Å². The molecule has 1 aromatic rings. The Morgan fingerprint density at radius 3 is 2.47 bits per heavy atom. The summed E-state index contributed by atoms with van der Waals surface area (Å²) in [5.41, 5.74) is 0.828. The summed E-state index contributed by atoms with van der Waals surface area (Å²) in [5, 5.41) is 0. The molecule has 0 heterocycles. The molecule has 0 aliphatic rings. The van der Waals surface area contributed by atoms with Crippen LogP contribution in [0.3, 0.4) is 0 Å². The number of hydrogen-bond donors (Lipinski definition) is 0. The first kappa shape index (κ1) is 12.2. The van der Waals surface area contributed by atoms with Crippen molar-refractivity contribution in [2.45, 2.75) is 12.7 Å². The Morgan fingerprint density at radius 1 is 1.20 bits per heavy atom. The fourth-order valence-electron chi connectivity index (χ4n) is 1.23. The van der Waals surface area contributed by atoms with E-state index in [1.54, 1.807) is 0 Å². The van der Waals surface area contributed by atoms with Crippen molar-refractivity contribution in [1.29, 1.82) is 0 Å². The molecule has 1 aromatic carbocycles. The lowest BCUT2D eigenvalue weighted by Crippen LogP contribution is -2.14. The second kappa shape index (κ2) is 5.88. The molecule has 0 saturated carbocycles. The van der Waals surface area contributed by atoms with Crippen LogP contribution in [0.5, 0.6) is 0 Å². The average molecular weight is 228 g/mol. The number of sulfone groups is 1. The predicted octanol–water partition coefficient (Wildman–Crippen LogP) is 1.64. The van der Waals surface area contributed by atoms with E-state index in [9.17, 15) is 8.42 Å². The highest BCUT2D eigenvalue weighted by atomic mass is 32.2. The number of ether oxygens (including phenoxy) is 1. The molecule has 0 fully saturated rings. The molecular formula is C11H16O3S. The summed E-state index contributed by atoms with van der Waals surface area (Å²) < 4.78 is 28.2. The van der Waals surface area contributed by atoms with Crippen LogP contribution in [0, 0.1) is 0 Å². The summed E-state index contributed by atoms with van der Waals surface area (Å²) in [7, 11) is -3.03. The third-order valence-electron chi connectivity index (χ3n) is 1.97. The zero-order valence-corrected chi connectivity index (χ0v) is 9.66. The first-order chi connectivity index (χ1) is 7.14. The SMILES string of the molecule is CCOCCS(=O)(=O)Cc1ccccc1. The highest BCUT2D eigenvalue weighted by molar-refractivity contribution is 7.90. The minimum absolute atomic E-state index is 0.0930. The lowest BCUT2D eigenvalue weighted by atomic mass is 10.2. The summed E-state index contributed by atoms with van der Waals surface area (Å²) in [5.74, 6) is 0.191. The normalized spacial score (nSPS) is 11.5. The van der Waals surface area contributed by atoms with E-state index >= 15 is 0 Å². The standard InChI is InChI=1S/C11H16O3S/c1-2-14-8-9-15(12,13)10-11-6-4-3-5-7-11/h3-7H,2,8-10H2,1H3. The molecule has 0 aliphatic heterocycles. The maximum atomic E-state index is 11.6. The molecule has 0 amide bonds. The molecule has 0 aliphatic carbocycles. The van der Waals surface area contributed by atoms with Crippen molar-refractivity contribution in [3.05, 3.63) is 35.9 Å². The quantitative estimate of drug-likeness (QED) is 0.695. The topological polar surface area (TPSA) is 43.4 Å². The van der Waals surface area contributed by atoms with Gasteiger partial charge in [-0.25, -0.2) is 8.42 Å². The zero-order valence-electron chi connectivity index (χ0n) is 8.85. The Bertz CT molecular complexity index is 370. The lowest BCUT2D eigenvalue weighted by molar-refractivity contribution is 0.163. The Kier molecular flexibility index (Phi) is 4.78. The summed E-state index contributed by atoms with van der Waals surface area (Å²) >= 11 is 0. The van der Waals surface area contributed by atoms with E-state index in [0.29, 0.717) is 6.61 Å². The van der Waals surface area contributed by atoms with Gasteiger partial charge in [-0.1, -0.05) is 30.3 Å². The van der Waals surface area contributed by atoms with Crippen molar-refractivity contribution in [2.24, 2.45) is 0 Å². The third-order valence-corrected chi connectivity index (χ3v) is 3.53. The molecule has 4 heteroatoms. The minimum Gasteiger partial charge on any atom is -0.381 e. The second-order valence-electron chi connectivity index (χ2n) is 3.27. The van der Waals surface area contributed by atoms with Gasteiger partial charge in [-0.05, 0) is 12.5 Å². The van der Waals surface area contributed by atoms with Crippen molar-refractivity contribution >= 4 is 9.84 Å². The monoisotopic (exact) mass is 228 g/mol. The molecule has 0 atom stereocenters. The minimum atomic E-state index is -3.03. The van der Waals surface area contributed by atoms with Crippen LogP contribution in [0.2, 0.25) is 0 Å². The Hall–Kier alpha value is -0.870. The van der Waals surface area contributed by atoms with E-state index in [1.807, 2.05) is 37.3 Å². The Morgan fingerprint density at radius 2 is 1.87 bits per heavy atom. The number of benzene rings is 1. The Balaban J connectivity index is 2.50. The molecule has 0 spiro atoms. The van der Waals surface area contributed by atoms with Gasteiger partial charge in [0.15, 0.2) is 9.84 Å². The van der Waals surface area contributed by atoms with E-state index in [-0.39, 0.29) is 18.1 Å². The van der Waals surface area contributed by atoms with Gasteiger partial charge in [0.2, 0.25) is 0 Å². The predicted molar refractivity (Wildman–Crippen MR) is 60.4 cm³/mol. The Labute approximate surface area is 91.0 Å². The van der Waals surface area contributed by atoms with Gasteiger partial charge in [0.05, 0.1) is 18.1 Å². The van der Waals surface area contributed by atoms with Crippen LogP contribution in [0.25, 0.3) is 0 Å². The molecule has 15 heavy (non-hydrogen) atoms. The van der Waals surface area contributed by atoms with Crippen LogP contribution in [0.4, 0.5) is 0 Å². The van der Waals surface area contributed by atoms with Crippen LogP contribution in [-0.2, 0) is 20.3 Å². The molecule has 0 unspecified atom stereocenters. The smallest absolute Gasteiger partial charge is 0.156 e. The van der Waals surface area contributed by atoms with Gasteiger partial charge >= 0.3 is 0 Å². The van der Waals surface area contributed by atoms with E-state index in [2.05, 4.69) is 0 Å². The van der Waals surface area contributed by atoms with E-state index in [1.165, 1.54) is 0 Å². The first-order valence-electron chi connectivity index (χ1n) is 4.96. The molecule has 0 bridgehead atoms. The van der Waals surface area contributed by atoms with Crippen LogP contribution < -0.4 is 0 Å². The second-order valence-corrected chi connectivity index (χ2v) is 5.46. The summed E-state index contributed by atoms with van der Waals surface area (Å²) in [4.78, 5) is 0. The summed E-state index contributed by atoms with van der Waals surface area (Å²) in [6, 6.07) is 9.19.